The summed E-state index contributed by atoms with van der Waals surface area (Å²) in [4.78, 5) is 10.3. The Morgan fingerprint density at radius 3 is 2.52 bits per heavy atom. The van der Waals surface area contributed by atoms with Crippen molar-refractivity contribution < 1.29 is 4.74 Å². The smallest absolute Gasteiger partial charge is 0.122 e. The maximum Gasteiger partial charge on any atom is 0.122 e. The molecule has 0 aliphatic carbocycles. The van der Waals surface area contributed by atoms with E-state index in [-0.39, 0.29) is 0 Å². The van der Waals surface area contributed by atoms with E-state index in [1.807, 2.05) is 18.2 Å². The van der Waals surface area contributed by atoms with Crippen LogP contribution in [0.3, 0.4) is 0 Å². The predicted octanol–water partition coefficient (Wildman–Crippen LogP) is 3.43. The number of anilines is 1. The normalized spacial score (nSPS) is 16.0. The molecule has 2 aromatic rings. The molecule has 1 aliphatic rings. The molecule has 4 nitrogen and oxygen atoms in total. The molecule has 5 heteroatoms. The molecule has 3 heterocycles. The number of pyridine rings is 2. The minimum absolute atomic E-state index is 0.593. The second-order valence-electron chi connectivity index (χ2n) is 5.25. The standard InChI is InChI=1S/C16H18ClN3O/c17-15-11-19-8-3-16(15)20-9-4-13(5-10-20)12-21-14-1-6-18-7-2-14/h1-3,6-8,11,13H,4-5,9-10,12H2. The van der Waals surface area contributed by atoms with Gasteiger partial charge in [0.25, 0.3) is 0 Å². The molecule has 1 fully saturated rings. The summed E-state index contributed by atoms with van der Waals surface area (Å²) >= 11 is 6.20. The summed E-state index contributed by atoms with van der Waals surface area (Å²) < 4.78 is 5.82. The van der Waals surface area contributed by atoms with Crippen molar-refractivity contribution in [2.45, 2.75) is 12.8 Å². The lowest BCUT2D eigenvalue weighted by Crippen LogP contribution is -2.35. The van der Waals surface area contributed by atoms with E-state index in [0.29, 0.717) is 5.92 Å². The number of piperidine rings is 1. The summed E-state index contributed by atoms with van der Waals surface area (Å²) in [6, 6.07) is 5.77. The second-order valence-corrected chi connectivity index (χ2v) is 5.66. The van der Waals surface area contributed by atoms with E-state index in [2.05, 4.69) is 14.9 Å². The summed E-state index contributed by atoms with van der Waals surface area (Å²) in [7, 11) is 0. The van der Waals surface area contributed by atoms with E-state index in [4.69, 9.17) is 16.3 Å². The first-order chi connectivity index (χ1) is 10.3. The molecule has 0 N–H and O–H groups in total. The summed E-state index contributed by atoms with van der Waals surface area (Å²) in [5.41, 5.74) is 1.08. The number of hydrogen-bond donors (Lipinski definition) is 0. The van der Waals surface area contributed by atoms with Crippen LogP contribution in [-0.2, 0) is 0 Å². The second kappa shape index (κ2) is 6.76. The van der Waals surface area contributed by atoms with Gasteiger partial charge in [0.1, 0.15) is 5.75 Å². The fraction of sp³-hybridized carbons (Fsp3) is 0.375. The highest BCUT2D eigenvalue weighted by molar-refractivity contribution is 6.33. The third kappa shape index (κ3) is 3.64. The third-order valence-electron chi connectivity index (χ3n) is 3.84. The Labute approximate surface area is 129 Å². The highest BCUT2D eigenvalue weighted by Crippen LogP contribution is 2.28. The van der Waals surface area contributed by atoms with E-state index in [0.717, 1.165) is 49.0 Å². The van der Waals surface area contributed by atoms with Gasteiger partial charge in [-0.2, -0.15) is 0 Å². The average molecular weight is 304 g/mol. The lowest BCUT2D eigenvalue weighted by molar-refractivity contribution is 0.223. The summed E-state index contributed by atoms with van der Waals surface area (Å²) in [6.45, 7) is 2.78. The molecular formula is C16H18ClN3O. The maximum absolute atomic E-state index is 6.20. The fourth-order valence-electron chi connectivity index (χ4n) is 2.61. The number of hydrogen-bond acceptors (Lipinski definition) is 4. The van der Waals surface area contributed by atoms with Crippen LogP contribution in [0.5, 0.6) is 5.75 Å². The molecule has 110 valence electrons. The molecule has 0 unspecified atom stereocenters. The zero-order valence-electron chi connectivity index (χ0n) is 11.8. The zero-order valence-corrected chi connectivity index (χ0v) is 12.5. The average Bonchev–Trinajstić information content (AvgIpc) is 2.55. The van der Waals surface area contributed by atoms with E-state index in [1.54, 1.807) is 24.8 Å². The van der Waals surface area contributed by atoms with Gasteiger partial charge in [-0.1, -0.05) is 11.6 Å². The third-order valence-corrected chi connectivity index (χ3v) is 4.13. The van der Waals surface area contributed by atoms with Gasteiger partial charge in [-0.05, 0) is 37.0 Å². The number of nitrogens with zero attached hydrogens (tertiary/aromatic N) is 3. The Morgan fingerprint density at radius 1 is 1.10 bits per heavy atom. The zero-order chi connectivity index (χ0) is 14.5. The first kappa shape index (κ1) is 14.1. The largest absolute Gasteiger partial charge is 0.493 e. The lowest BCUT2D eigenvalue weighted by atomic mass is 9.97. The highest BCUT2D eigenvalue weighted by Gasteiger charge is 2.21. The summed E-state index contributed by atoms with van der Waals surface area (Å²) in [5.74, 6) is 1.49. The summed E-state index contributed by atoms with van der Waals surface area (Å²) in [6.07, 6.45) is 9.23. The van der Waals surface area contributed by atoms with Crippen LogP contribution in [0.25, 0.3) is 0 Å². The molecular weight excluding hydrogens is 286 g/mol. The van der Waals surface area contributed by atoms with E-state index in [9.17, 15) is 0 Å². The Bertz CT molecular complexity index is 571. The minimum Gasteiger partial charge on any atom is -0.493 e. The molecule has 1 aliphatic heterocycles. The van der Waals surface area contributed by atoms with Gasteiger partial charge >= 0.3 is 0 Å². The number of aromatic nitrogens is 2. The molecule has 0 radical (unpaired) electrons. The van der Waals surface area contributed by atoms with Crippen molar-refractivity contribution in [3.8, 4) is 5.75 Å². The van der Waals surface area contributed by atoms with E-state index < -0.39 is 0 Å². The van der Waals surface area contributed by atoms with Gasteiger partial charge in [0.15, 0.2) is 0 Å². The van der Waals surface area contributed by atoms with Crippen LogP contribution in [0.15, 0.2) is 43.0 Å². The number of rotatable bonds is 4. The molecule has 1 saturated heterocycles. The molecule has 0 aromatic carbocycles. The van der Waals surface area contributed by atoms with Crippen LogP contribution in [0, 0.1) is 5.92 Å². The van der Waals surface area contributed by atoms with E-state index in [1.165, 1.54) is 0 Å². The van der Waals surface area contributed by atoms with Crippen LogP contribution in [0.1, 0.15) is 12.8 Å². The topological polar surface area (TPSA) is 38.2 Å². The van der Waals surface area contributed by atoms with Crippen molar-refractivity contribution in [1.29, 1.82) is 0 Å². The van der Waals surface area contributed by atoms with Gasteiger partial charge in [-0.3, -0.25) is 9.97 Å². The minimum atomic E-state index is 0.593. The quantitative estimate of drug-likeness (QED) is 0.867. The van der Waals surface area contributed by atoms with Crippen molar-refractivity contribution in [3.05, 3.63) is 48.0 Å². The van der Waals surface area contributed by atoms with Crippen molar-refractivity contribution in [1.82, 2.24) is 9.97 Å². The van der Waals surface area contributed by atoms with Gasteiger partial charge < -0.3 is 9.64 Å². The van der Waals surface area contributed by atoms with Crippen molar-refractivity contribution in [2.75, 3.05) is 24.6 Å². The van der Waals surface area contributed by atoms with Crippen LogP contribution in [0.4, 0.5) is 5.69 Å². The molecule has 2 aromatic heterocycles. The Kier molecular flexibility index (Phi) is 4.55. The summed E-state index contributed by atoms with van der Waals surface area (Å²) in [5, 5.41) is 0.726. The maximum atomic E-state index is 6.20. The van der Waals surface area contributed by atoms with Crippen LogP contribution in [0.2, 0.25) is 5.02 Å². The Morgan fingerprint density at radius 2 is 1.81 bits per heavy atom. The molecule has 0 amide bonds. The van der Waals surface area contributed by atoms with Crippen LogP contribution in [-0.4, -0.2) is 29.7 Å². The van der Waals surface area contributed by atoms with E-state index >= 15 is 0 Å². The van der Waals surface area contributed by atoms with Gasteiger partial charge in [0.05, 0.1) is 17.3 Å². The molecule has 0 bridgehead atoms. The first-order valence-corrected chi connectivity index (χ1v) is 7.58. The van der Waals surface area contributed by atoms with Gasteiger partial charge in [-0.25, -0.2) is 0 Å². The SMILES string of the molecule is Clc1cnccc1N1CCC(COc2ccncc2)CC1. The molecule has 0 spiro atoms. The van der Waals surface area contributed by atoms with Gasteiger partial charge in [0, 0.05) is 37.9 Å². The van der Waals surface area contributed by atoms with Gasteiger partial charge in [0.2, 0.25) is 0 Å². The lowest BCUT2D eigenvalue weighted by Gasteiger charge is -2.33. The molecule has 0 saturated carbocycles. The van der Waals surface area contributed by atoms with Crippen LogP contribution >= 0.6 is 11.6 Å². The molecule has 21 heavy (non-hydrogen) atoms. The first-order valence-electron chi connectivity index (χ1n) is 7.20. The fourth-order valence-corrected chi connectivity index (χ4v) is 2.85. The number of halogens is 1. The highest BCUT2D eigenvalue weighted by atomic mass is 35.5. The van der Waals surface area contributed by atoms with Crippen molar-refractivity contribution >= 4 is 17.3 Å². The molecule has 0 atom stereocenters. The predicted molar refractivity (Wildman–Crippen MR) is 83.9 cm³/mol. The number of ether oxygens (including phenoxy) is 1. The van der Waals surface area contributed by atoms with Crippen LogP contribution < -0.4 is 9.64 Å². The molecule has 3 rings (SSSR count). The van der Waals surface area contributed by atoms with Gasteiger partial charge in [-0.15, -0.1) is 0 Å². The Hall–Kier alpha value is -1.81. The Balaban J connectivity index is 1.50. The monoisotopic (exact) mass is 303 g/mol. The van der Waals surface area contributed by atoms with Crippen molar-refractivity contribution in [2.24, 2.45) is 5.92 Å². The van der Waals surface area contributed by atoms with Crippen molar-refractivity contribution in [3.63, 3.8) is 0 Å².